The van der Waals surface area contributed by atoms with Gasteiger partial charge in [0.1, 0.15) is 0 Å². The Morgan fingerprint density at radius 1 is 1.07 bits per heavy atom. The highest BCUT2D eigenvalue weighted by Gasteiger charge is 2.36. The van der Waals surface area contributed by atoms with Crippen molar-refractivity contribution in [2.24, 2.45) is 0 Å². The number of nitrogens with zero attached hydrogens (tertiary/aromatic N) is 1. The zero-order chi connectivity index (χ0) is 20.1. The molecule has 1 heterocycles. The van der Waals surface area contributed by atoms with Crippen molar-refractivity contribution in [2.45, 2.75) is 25.0 Å². The number of benzene rings is 2. The summed E-state index contributed by atoms with van der Waals surface area (Å²) in [6.45, 7) is 0.361. The Hall–Kier alpha value is -3.19. The number of carbonyl (C=O) groups excluding carboxylic acids is 2. The van der Waals surface area contributed by atoms with Crippen LogP contribution in [0.4, 0.5) is 5.69 Å². The van der Waals surface area contributed by atoms with Crippen LogP contribution in [0.2, 0.25) is 0 Å². The molecule has 2 aromatic rings. The van der Waals surface area contributed by atoms with Crippen LogP contribution in [0.25, 0.3) is 0 Å². The number of ether oxygens (including phenoxy) is 1. The van der Waals surface area contributed by atoms with Crippen LogP contribution >= 0.6 is 0 Å². The third-order valence-electron chi connectivity index (χ3n) is 4.81. The normalized spacial score (nSPS) is 18.7. The first-order valence-corrected chi connectivity index (χ1v) is 9.00. The number of hydrogen-bond acceptors (Lipinski definition) is 4. The Bertz CT molecular complexity index is 851. The second-order valence-corrected chi connectivity index (χ2v) is 6.70. The summed E-state index contributed by atoms with van der Waals surface area (Å²) in [4.78, 5) is 37.7. The van der Waals surface area contributed by atoms with Crippen LogP contribution < -0.4 is 5.32 Å². The van der Waals surface area contributed by atoms with Crippen molar-refractivity contribution >= 4 is 23.5 Å². The number of carboxylic acid groups (broad SMARTS) is 1. The van der Waals surface area contributed by atoms with Gasteiger partial charge in [-0.3, -0.25) is 14.4 Å². The molecule has 2 amide bonds. The molecule has 0 aromatic heterocycles. The maximum atomic E-state index is 12.8. The molecule has 7 heteroatoms. The fraction of sp³-hybridized carbons (Fsp3) is 0.286. The first-order valence-electron chi connectivity index (χ1n) is 9.00. The van der Waals surface area contributed by atoms with E-state index in [-0.39, 0.29) is 24.3 Å². The summed E-state index contributed by atoms with van der Waals surface area (Å²) < 4.78 is 5.31. The number of carbonyl (C=O) groups is 3. The van der Waals surface area contributed by atoms with E-state index in [9.17, 15) is 14.4 Å². The van der Waals surface area contributed by atoms with Gasteiger partial charge in [0.2, 0.25) is 0 Å². The average molecular weight is 382 g/mol. The lowest BCUT2D eigenvalue weighted by molar-refractivity contribution is -0.138. The van der Waals surface area contributed by atoms with Crippen molar-refractivity contribution in [3.8, 4) is 0 Å². The van der Waals surface area contributed by atoms with E-state index in [0.717, 1.165) is 0 Å². The third kappa shape index (κ3) is 4.55. The molecule has 1 aliphatic rings. The Balaban J connectivity index is 1.69. The van der Waals surface area contributed by atoms with Crippen LogP contribution in [-0.2, 0) is 9.53 Å². The highest BCUT2D eigenvalue weighted by molar-refractivity contribution is 6.04. The summed E-state index contributed by atoms with van der Waals surface area (Å²) >= 11 is 0. The van der Waals surface area contributed by atoms with Crippen LogP contribution in [0.5, 0.6) is 0 Å². The van der Waals surface area contributed by atoms with E-state index < -0.39 is 12.0 Å². The van der Waals surface area contributed by atoms with Crippen molar-refractivity contribution in [1.29, 1.82) is 0 Å². The first-order chi connectivity index (χ1) is 13.5. The molecule has 28 heavy (non-hydrogen) atoms. The van der Waals surface area contributed by atoms with E-state index in [1.54, 1.807) is 60.5 Å². The molecule has 0 aliphatic carbocycles. The number of hydrogen-bond donors (Lipinski definition) is 2. The van der Waals surface area contributed by atoms with Crippen molar-refractivity contribution in [2.75, 3.05) is 19.0 Å². The van der Waals surface area contributed by atoms with Crippen molar-refractivity contribution in [3.05, 3.63) is 65.7 Å². The first kappa shape index (κ1) is 19.6. The Labute approximate surface area is 162 Å². The minimum absolute atomic E-state index is 0.114. The molecule has 2 unspecified atom stereocenters. The average Bonchev–Trinajstić information content (AvgIpc) is 3.11. The molecule has 0 spiro atoms. The lowest BCUT2D eigenvalue weighted by atomic mass is 10.1. The number of carboxylic acids is 1. The van der Waals surface area contributed by atoms with Crippen molar-refractivity contribution in [3.63, 3.8) is 0 Å². The fourth-order valence-electron chi connectivity index (χ4n) is 3.34. The van der Waals surface area contributed by atoms with Crippen LogP contribution in [0, 0.1) is 0 Å². The van der Waals surface area contributed by atoms with E-state index in [1.165, 1.54) is 0 Å². The Kier molecular flexibility index (Phi) is 6.06. The largest absolute Gasteiger partial charge is 0.481 e. The van der Waals surface area contributed by atoms with Gasteiger partial charge in [-0.15, -0.1) is 0 Å². The molecular formula is C21H22N2O5. The van der Waals surface area contributed by atoms with Gasteiger partial charge in [0.05, 0.1) is 12.5 Å². The molecule has 7 nitrogen and oxygen atoms in total. The zero-order valence-electron chi connectivity index (χ0n) is 15.5. The van der Waals surface area contributed by atoms with Gasteiger partial charge in [0, 0.05) is 36.5 Å². The molecule has 3 rings (SSSR count). The van der Waals surface area contributed by atoms with Crippen LogP contribution in [0.15, 0.2) is 54.6 Å². The minimum Gasteiger partial charge on any atom is -0.481 e. The predicted octanol–water partition coefficient (Wildman–Crippen LogP) is 2.64. The van der Waals surface area contributed by atoms with Gasteiger partial charge in [-0.05, 0) is 42.8 Å². The van der Waals surface area contributed by atoms with E-state index >= 15 is 0 Å². The Morgan fingerprint density at radius 3 is 2.36 bits per heavy atom. The minimum atomic E-state index is -0.946. The molecule has 2 N–H and O–H groups in total. The molecule has 1 saturated heterocycles. The monoisotopic (exact) mass is 382 g/mol. The summed E-state index contributed by atoms with van der Waals surface area (Å²) in [5, 5.41) is 11.9. The number of rotatable bonds is 6. The molecule has 0 radical (unpaired) electrons. The molecule has 1 fully saturated rings. The van der Waals surface area contributed by atoms with Crippen LogP contribution in [-0.4, -0.2) is 53.6 Å². The second-order valence-electron chi connectivity index (χ2n) is 6.70. The third-order valence-corrected chi connectivity index (χ3v) is 4.81. The highest BCUT2D eigenvalue weighted by atomic mass is 16.5. The standard InChI is InChI=1S/C21H22N2O5/c1-28-18-11-17(12-19(24)25)23(13-18)21(27)15-7-9-16(10-8-15)22-20(26)14-5-3-2-4-6-14/h2-10,17-18H,11-13H2,1H3,(H,22,26)(H,24,25). The summed E-state index contributed by atoms with van der Waals surface area (Å²) in [7, 11) is 1.56. The maximum absolute atomic E-state index is 12.8. The highest BCUT2D eigenvalue weighted by Crippen LogP contribution is 2.25. The SMILES string of the molecule is COC1CC(CC(=O)O)N(C(=O)c2ccc(NC(=O)c3ccccc3)cc2)C1. The summed E-state index contributed by atoms with van der Waals surface area (Å²) in [5.41, 5.74) is 1.55. The number of amides is 2. The quantitative estimate of drug-likeness (QED) is 0.801. The smallest absolute Gasteiger partial charge is 0.305 e. The topological polar surface area (TPSA) is 95.9 Å². The maximum Gasteiger partial charge on any atom is 0.305 e. The lowest BCUT2D eigenvalue weighted by Crippen LogP contribution is -2.37. The second kappa shape index (κ2) is 8.67. The molecule has 1 aliphatic heterocycles. The fourth-order valence-corrected chi connectivity index (χ4v) is 3.34. The van der Waals surface area contributed by atoms with E-state index in [0.29, 0.717) is 29.8 Å². The molecular weight excluding hydrogens is 360 g/mol. The van der Waals surface area contributed by atoms with Gasteiger partial charge in [0.15, 0.2) is 0 Å². The van der Waals surface area contributed by atoms with Gasteiger partial charge in [-0.1, -0.05) is 18.2 Å². The number of likely N-dealkylation sites (tertiary alicyclic amines) is 1. The zero-order valence-corrected chi connectivity index (χ0v) is 15.5. The van der Waals surface area contributed by atoms with Crippen molar-refractivity contribution in [1.82, 2.24) is 4.90 Å². The predicted molar refractivity (Wildman–Crippen MR) is 103 cm³/mol. The molecule has 0 saturated carbocycles. The Morgan fingerprint density at radius 2 is 1.75 bits per heavy atom. The van der Waals surface area contributed by atoms with Gasteiger partial charge in [-0.25, -0.2) is 0 Å². The molecule has 146 valence electrons. The molecule has 2 aromatic carbocycles. The number of anilines is 1. The number of methoxy groups -OCH3 is 1. The molecule has 2 atom stereocenters. The van der Waals surface area contributed by atoms with Gasteiger partial charge in [-0.2, -0.15) is 0 Å². The van der Waals surface area contributed by atoms with E-state index in [4.69, 9.17) is 9.84 Å². The number of nitrogens with one attached hydrogen (secondary N) is 1. The van der Waals surface area contributed by atoms with Crippen molar-refractivity contribution < 1.29 is 24.2 Å². The van der Waals surface area contributed by atoms with Crippen LogP contribution in [0.3, 0.4) is 0 Å². The molecule has 0 bridgehead atoms. The summed E-state index contributed by atoms with van der Waals surface area (Å²) in [6, 6.07) is 15.0. The lowest BCUT2D eigenvalue weighted by Gasteiger charge is -2.23. The van der Waals surface area contributed by atoms with Gasteiger partial charge < -0.3 is 20.1 Å². The number of aliphatic carboxylic acids is 1. The summed E-state index contributed by atoms with van der Waals surface area (Å²) in [6.07, 6.45) is 0.217. The van der Waals surface area contributed by atoms with Gasteiger partial charge >= 0.3 is 5.97 Å². The van der Waals surface area contributed by atoms with E-state index in [2.05, 4.69) is 5.32 Å². The van der Waals surface area contributed by atoms with Gasteiger partial charge in [0.25, 0.3) is 11.8 Å². The summed E-state index contributed by atoms with van der Waals surface area (Å²) in [5.74, 6) is -1.42. The van der Waals surface area contributed by atoms with Crippen LogP contribution in [0.1, 0.15) is 33.6 Å². The van der Waals surface area contributed by atoms with E-state index in [1.807, 2.05) is 6.07 Å².